The number of pyridine rings is 1. The predicted octanol–water partition coefficient (Wildman–Crippen LogP) is 3.37. The van der Waals surface area contributed by atoms with E-state index in [9.17, 15) is 4.79 Å². The van der Waals surface area contributed by atoms with E-state index in [4.69, 9.17) is 23.2 Å². The minimum absolute atomic E-state index is 0.154. The van der Waals surface area contributed by atoms with E-state index in [1.54, 1.807) is 32.9 Å². The molecule has 0 fully saturated rings. The monoisotopic (exact) mass is 246 g/mol. The highest BCUT2D eigenvalue weighted by atomic mass is 35.5. The number of rotatable bonds is 1. The lowest BCUT2D eigenvalue weighted by Gasteiger charge is -2.17. The molecule has 0 atom stereocenters. The first-order chi connectivity index (χ1) is 6.80. The van der Waals surface area contributed by atoms with Gasteiger partial charge in [-0.3, -0.25) is 4.79 Å². The van der Waals surface area contributed by atoms with Gasteiger partial charge in [0.15, 0.2) is 5.82 Å². The minimum atomic E-state index is -0.493. The van der Waals surface area contributed by atoms with Crippen LogP contribution in [-0.4, -0.2) is 10.9 Å². The first-order valence-corrected chi connectivity index (χ1v) is 5.20. The van der Waals surface area contributed by atoms with E-state index in [2.05, 4.69) is 10.3 Å². The second-order valence-corrected chi connectivity index (χ2v) is 4.96. The highest BCUT2D eigenvalue weighted by molar-refractivity contribution is 6.34. The van der Waals surface area contributed by atoms with Crippen LogP contribution in [0.2, 0.25) is 10.2 Å². The summed E-state index contributed by atoms with van der Waals surface area (Å²) in [6.45, 7) is 5.42. The SMILES string of the molecule is CC(C)(C)C(=O)Nc1nc(Cl)ccc1Cl. The van der Waals surface area contributed by atoms with E-state index in [0.29, 0.717) is 16.0 Å². The molecule has 5 heteroatoms. The average molecular weight is 247 g/mol. The average Bonchev–Trinajstić information content (AvgIpc) is 2.09. The summed E-state index contributed by atoms with van der Waals surface area (Å²) in [5.41, 5.74) is -0.493. The molecule has 1 aromatic heterocycles. The van der Waals surface area contributed by atoms with Gasteiger partial charge >= 0.3 is 0 Å². The Morgan fingerprint density at radius 3 is 2.47 bits per heavy atom. The van der Waals surface area contributed by atoms with Gasteiger partial charge in [-0.2, -0.15) is 0 Å². The van der Waals surface area contributed by atoms with Crippen LogP contribution in [0.5, 0.6) is 0 Å². The summed E-state index contributed by atoms with van der Waals surface area (Å²) in [7, 11) is 0. The van der Waals surface area contributed by atoms with Crippen LogP contribution in [0.3, 0.4) is 0 Å². The Labute approximate surface area is 98.8 Å². The van der Waals surface area contributed by atoms with Crippen LogP contribution in [0.15, 0.2) is 12.1 Å². The van der Waals surface area contributed by atoms with Crippen LogP contribution in [0, 0.1) is 5.41 Å². The fraction of sp³-hybridized carbons (Fsp3) is 0.400. The molecule has 0 aliphatic rings. The summed E-state index contributed by atoms with van der Waals surface area (Å²) in [4.78, 5) is 15.6. The number of aromatic nitrogens is 1. The molecule has 1 N–H and O–H groups in total. The Bertz CT molecular complexity index is 385. The van der Waals surface area contributed by atoms with Gasteiger partial charge in [-0.25, -0.2) is 4.98 Å². The minimum Gasteiger partial charge on any atom is -0.309 e. The van der Waals surface area contributed by atoms with Gasteiger partial charge in [0.1, 0.15) is 5.15 Å². The molecule has 0 aliphatic carbocycles. The molecule has 15 heavy (non-hydrogen) atoms. The van der Waals surface area contributed by atoms with Crippen molar-refractivity contribution in [3.8, 4) is 0 Å². The topological polar surface area (TPSA) is 42.0 Å². The van der Waals surface area contributed by atoms with Crippen molar-refractivity contribution in [1.29, 1.82) is 0 Å². The number of halogens is 2. The number of anilines is 1. The number of carbonyl (C=O) groups excluding carboxylic acids is 1. The molecule has 3 nitrogen and oxygen atoms in total. The lowest BCUT2D eigenvalue weighted by atomic mass is 9.96. The maximum Gasteiger partial charge on any atom is 0.230 e. The Balaban J connectivity index is 2.90. The third-order valence-electron chi connectivity index (χ3n) is 1.73. The van der Waals surface area contributed by atoms with Crippen molar-refractivity contribution in [3.05, 3.63) is 22.3 Å². The molecule has 0 aliphatic heterocycles. The standard InChI is InChI=1S/C10H12Cl2N2O/c1-10(2,3)9(15)14-8-6(11)4-5-7(12)13-8/h4-5H,1-3H3,(H,13,14,15). The molecule has 0 saturated carbocycles. The second-order valence-electron chi connectivity index (χ2n) is 4.17. The molecule has 82 valence electrons. The van der Waals surface area contributed by atoms with Crippen molar-refractivity contribution in [2.24, 2.45) is 5.41 Å². The summed E-state index contributed by atoms with van der Waals surface area (Å²) < 4.78 is 0. The highest BCUT2D eigenvalue weighted by Gasteiger charge is 2.22. The number of hydrogen-bond acceptors (Lipinski definition) is 2. The van der Waals surface area contributed by atoms with Crippen LogP contribution in [0.4, 0.5) is 5.82 Å². The molecule has 0 saturated heterocycles. The van der Waals surface area contributed by atoms with Gasteiger partial charge in [-0.15, -0.1) is 0 Å². The summed E-state index contributed by atoms with van der Waals surface area (Å²) >= 11 is 11.5. The fourth-order valence-corrected chi connectivity index (χ4v) is 1.10. The van der Waals surface area contributed by atoms with E-state index in [1.165, 1.54) is 0 Å². The third kappa shape index (κ3) is 3.36. The molecular formula is C10H12Cl2N2O. The maximum atomic E-state index is 11.6. The van der Waals surface area contributed by atoms with Crippen LogP contribution in [0.1, 0.15) is 20.8 Å². The summed E-state index contributed by atoms with van der Waals surface area (Å²) in [6.07, 6.45) is 0. The molecule has 1 amide bonds. The molecular weight excluding hydrogens is 235 g/mol. The number of amides is 1. The van der Waals surface area contributed by atoms with Gasteiger partial charge < -0.3 is 5.32 Å². The van der Waals surface area contributed by atoms with Crippen LogP contribution in [0.25, 0.3) is 0 Å². The summed E-state index contributed by atoms with van der Waals surface area (Å²) in [6, 6.07) is 3.16. The first kappa shape index (κ1) is 12.3. The van der Waals surface area contributed by atoms with Gasteiger partial charge in [0.05, 0.1) is 5.02 Å². The van der Waals surface area contributed by atoms with Crippen LogP contribution >= 0.6 is 23.2 Å². The highest BCUT2D eigenvalue weighted by Crippen LogP contribution is 2.24. The quantitative estimate of drug-likeness (QED) is 0.773. The molecule has 0 unspecified atom stereocenters. The number of carbonyl (C=O) groups is 1. The van der Waals surface area contributed by atoms with Gasteiger partial charge in [0.25, 0.3) is 0 Å². The molecule has 1 rings (SSSR count). The van der Waals surface area contributed by atoms with Gasteiger partial charge in [0, 0.05) is 5.41 Å². The first-order valence-electron chi connectivity index (χ1n) is 4.44. The van der Waals surface area contributed by atoms with Crippen molar-refractivity contribution in [2.75, 3.05) is 5.32 Å². The van der Waals surface area contributed by atoms with Crippen LogP contribution < -0.4 is 5.32 Å². The molecule has 0 aromatic carbocycles. The van der Waals surface area contributed by atoms with Crippen LogP contribution in [-0.2, 0) is 4.79 Å². The Hall–Kier alpha value is -0.800. The van der Waals surface area contributed by atoms with E-state index in [1.807, 2.05) is 0 Å². The lowest BCUT2D eigenvalue weighted by molar-refractivity contribution is -0.123. The molecule has 0 radical (unpaired) electrons. The van der Waals surface area contributed by atoms with Crippen molar-refractivity contribution in [2.45, 2.75) is 20.8 Å². The van der Waals surface area contributed by atoms with Crippen molar-refractivity contribution < 1.29 is 4.79 Å². The van der Waals surface area contributed by atoms with E-state index in [-0.39, 0.29) is 5.91 Å². The third-order valence-corrected chi connectivity index (χ3v) is 2.24. The smallest absolute Gasteiger partial charge is 0.230 e. The predicted molar refractivity (Wildman–Crippen MR) is 62.3 cm³/mol. The van der Waals surface area contributed by atoms with E-state index in [0.717, 1.165) is 0 Å². The van der Waals surface area contributed by atoms with Crippen molar-refractivity contribution >= 4 is 34.9 Å². The number of nitrogens with zero attached hydrogens (tertiary/aromatic N) is 1. The molecule has 0 bridgehead atoms. The summed E-state index contributed by atoms with van der Waals surface area (Å²) in [5, 5.41) is 3.29. The number of hydrogen-bond donors (Lipinski definition) is 1. The second kappa shape index (κ2) is 4.37. The lowest BCUT2D eigenvalue weighted by Crippen LogP contribution is -2.28. The summed E-state index contributed by atoms with van der Waals surface area (Å²) in [5.74, 6) is 0.142. The van der Waals surface area contributed by atoms with Gasteiger partial charge in [-0.05, 0) is 12.1 Å². The molecule has 1 heterocycles. The zero-order valence-electron chi connectivity index (χ0n) is 8.77. The normalized spacial score (nSPS) is 11.3. The molecule has 1 aromatic rings. The largest absolute Gasteiger partial charge is 0.309 e. The maximum absolute atomic E-state index is 11.6. The zero-order valence-corrected chi connectivity index (χ0v) is 10.3. The van der Waals surface area contributed by atoms with Crippen molar-refractivity contribution in [3.63, 3.8) is 0 Å². The van der Waals surface area contributed by atoms with Gasteiger partial charge in [0.2, 0.25) is 5.91 Å². The Kier molecular flexibility index (Phi) is 3.58. The number of nitrogens with one attached hydrogen (secondary N) is 1. The van der Waals surface area contributed by atoms with Crippen molar-refractivity contribution in [1.82, 2.24) is 4.98 Å². The Morgan fingerprint density at radius 2 is 1.93 bits per heavy atom. The fourth-order valence-electron chi connectivity index (χ4n) is 0.801. The Morgan fingerprint density at radius 1 is 1.33 bits per heavy atom. The van der Waals surface area contributed by atoms with E-state index >= 15 is 0 Å². The van der Waals surface area contributed by atoms with Gasteiger partial charge in [-0.1, -0.05) is 44.0 Å². The van der Waals surface area contributed by atoms with E-state index < -0.39 is 5.41 Å². The molecule has 0 spiro atoms. The zero-order chi connectivity index (χ0) is 11.6.